The molecule has 1 nitrogen and oxygen atoms in total. The molecule has 3 aliphatic rings. The maximum absolute atomic E-state index is 2.72. The van der Waals surface area contributed by atoms with E-state index >= 15 is 0 Å². The molecule has 0 saturated heterocycles. The highest BCUT2D eigenvalue weighted by Gasteiger charge is 2.55. The lowest BCUT2D eigenvalue weighted by molar-refractivity contribution is -0.725. The largest absolute Gasteiger partial charge is 0.222 e. The third kappa shape index (κ3) is 3.14. The van der Waals surface area contributed by atoms with E-state index in [-0.39, 0.29) is 5.54 Å². The van der Waals surface area contributed by atoms with Gasteiger partial charge in [0.2, 0.25) is 11.2 Å². The first kappa shape index (κ1) is 23.9. The fourth-order valence-electron chi connectivity index (χ4n) is 8.30. The van der Waals surface area contributed by atoms with Crippen LogP contribution in [0.25, 0.3) is 32.8 Å². The zero-order chi connectivity index (χ0) is 26.2. The van der Waals surface area contributed by atoms with Gasteiger partial charge in [-0.05, 0) is 95.9 Å². The van der Waals surface area contributed by atoms with Gasteiger partial charge in [0.1, 0.15) is 0 Å². The van der Waals surface area contributed by atoms with Crippen LogP contribution < -0.4 is 4.57 Å². The average Bonchev–Trinajstić information content (AvgIpc) is 3.19. The molecule has 38 heavy (non-hydrogen) atoms. The van der Waals surface area contributed by atoms with E-state index in [9.17, 15) is 0 Å². The highest BCUT2D eigenvalue weighted by Crippen LogP contribution is 2.54. The third-order valence-corrected chi connectivity index (χ3v) is 10.1. The molecule has 3 aromatic carbocycles. The normalized spacial score (nSPS) is 19.2. The molecule has 2 aliphatic carbocycles. The number of allylic oxidation sites excluding steroid dienone is 4. The van der Waals surface area contributed by atoms with E-state index in [1.807, 2.05) is 0 Å². The van der Waals surface area contributed by atoms with E-state index < -0.39 is 0 Å². The molecule has 4 aromatic rings. The number of rotatable bonds is 6. The van der Waals surface area contributed by atoms with Crippen molar-refractivity contribution in [1.82, 2.24) is 0 Å². The lowest BCUT2D eigenvalue weighted by Crippen LogP contribution is -2.55. The van der Waals surface area contributed by atoms with Crippen LogP contribution in [0.3, 0.4) is 0 Å². The lowest BCUT2D eigenvalue weighted by Gasteiger charge is -2.34. The molecule has 1 spiro atoms. The first-order valence-corrected chi connectivity index (χ1v) is 15.0. The van der Waals surface area contributed by atoms with Crippen LogP contribution >= 0.6 is 0 Å². The number of nitrogens with zero attached hydrogens (tertiary/aromatic N) is 1. The minimum absolute atomic E-state index is 0.175. The zero-order valence-corrected chi connectivity index (χ0v) is 23.7. The van der Waals surface area contributed by atoms with E-state index in [0.29, 0.717) is 11.8 Å². The summed E-state index contributed by atoms with van der Waals surface area (Å²) >= 11 is 0. The van der Waals surface area contributed by atoms with Gasteiger partial charge in [-0.3, -0.25) is 0 Å². The van der Waals surface area contributed by atoms with Crippen molar-refractivity contribution < 1.29 is 4.57 Å². The molecule has 1 aromatic heterocycles. The van der Waals surface area contributed by atoms with Gasteiger partial charge in [0, 0.05) is 18.1 Å². The van der Waals surface area contributed by atoms with Crippen LogP contribution in [0.1, 0.15) is 82.1 Å². The Bertz CT molecular complexity index is 1670. The maximum Gasteiger partial charge on any atom is 0.222 e. The minimum Gasteiger partial charge on any atom is -0.184 e. The first-order chi connectivity index (χ1) is 18.5. The Morgan fingerprint density at radius 3 is 2.37 bits per heavy atom. The number of pyridine rings is 1. The minimum atomic E-state index is -0.175. The molecule has 7 rings (SSSR count). The Labute approximate surface area is 227 Å². The molecular formula is C37H40N+. The van der Waals surface area contributed by atoms with Gasteiger partial charge in [-0.25, -0.2) is 0 Å². The number of fused-ring (bicyclic) bond motifs is 4. The number of aromatic nitrogens is 1. The Balaban J connectivity index is 1.64. The van der Waals surface area contributed by atoms with Crippen molar-refractivity contribution in [3.05, 3.63) is 100 Å². The molecule has 1 unspecified atom stereocenters. The standard InChI is InChI=1S/C37H40N/c1-6-24(7-2)30-20-31(25(8-3)9-4)22-37(21-30)35-32-13-11-10-12-26(32)18-29-19-28-17-23(5)16-27-14-15-38(37)36(33(27)28)34(29)35/h10-18,20-21,24-25H,6-9,19,22H2,1-5H3/q+1. The van der Waals surface area contributed by atoms with Crippen molar-refractivity contribution in [2.45, 2.75) is 78.7 Å². The Morgan fingerprint density at radius 1 is 0.842 bits per heavy atom. The highest BCUT2D eigenvalue weighted by molar-refractivity contribution is 6.05. The lowest BCUT2D eigenvalue weighted by atomic mass is 9.70. The molecular weight excluding hydrogens is 458 g/mol. The van der Waals surface area contributed by atoms with Crippen LogP contribution in [0.4, 0.5) is 0 Å². The number of aryl methyl sites for hydroxylation is 1. The number of hydrogen-bond acceptors (Lipinski definition) is 0. The summed E-state index contributed by atoms with van der Waals surface area (Å²) in [5, 5.41) is 5.70. The molecule has 0 fully saturated rings. The molecule has 0 bridgehead atoms. The van der Waals surface area contributed by atoms with E-state index in [1.165, 1.54) is 75.2 Å². The summed E-state index contributed by atoms with van der Waals surface area (Å²) in [6, 6.07) is 18.9. The smallest absolute Gasteiger partial charge is 0.184 e. The second-order valence-corrected chi connectivity index (χ2v) is 12.1. The molecule has 1 atom stereocenters. The molecule has 2 heterocycles. The van der Waals surface area contributed by atoms with Crippen molar-refractivity contribution in [3.63, 3.8) is 0 Å². The molecule has 192 valence electrons. The summed E-state index contributed by atoms with van der Waals surface area (Å²) < 4.78 is 2.71. The van der Waals surface area contributed by atoms with Crippen LogP contribution in [-0.4, -0.2) is 0 Å². The summed E-state index contributed by atoms with van der Waals surface area (Å²) in [7, 11) is 0. The average molecular weight is 499 g/mol. The van der Waals surface area contributed by atoms with Crippen molar-refractivity contribution in [3.8, 4) is 11.3 Å². The second kappa shape index (κ2) is 8.67. The van der Waals surface area contributed by atoms with Crippen molar-refractivity contribution in [2.75, 3.05) is 0 Å². The molecule has 0 N–H and O–H groups in total. The van der Waals surface area contributed by atoms with Crippen LogP contribution in [0.2, 0.25) is 0 Å². The van der Waals surface area contributed by atoms with Gasteiger partial charge in [-0.1, -0.05) is 81.3 Å². The van der Waals surface area contributed by atoms with Crippen LogP contribution in [0, 0.1) is 18.8 Å². The molecule has 0 amide bonds. The number of hydrogen-bond donors (Lipinski definition) is 0. The van der Waals surface area contributed by atoms with Gasteiger partial charge < -0.3 is 0 Å². The molecule has 0 saturated carbocycles. The zero-order valence-electron chi connectivity index (χ0n) is 23.7. The Hall–Kier alpha value is -3.19. The molecule has 1 heteroatoms. The Morgan fingerprint density at radius 2 is 1.61 bits per heavy atom. The first-order valence-electron chi connectivity index (χ1n) is 15.0. The van der Waals surface area contributed by atoms with E-state index in [4.69, 9.17) is 0 Å². The second-order valence-electron chi connectivity index (χ2n) is 12.1. The summed E-state index contributed by atoms with van der Waals surface area (Å²) in [6.07, 6.45) is 14.7. The van der Waals surface area contributed by atoms with Gasteiger partial charge in [0.05, 0.1) is 10.9 Å². The summed E-state index contributed by atoms with van der Waals surface area (Å²) in [6.45, 7) is 11.7. The highest BCUT2D eigenvalue weighted by atomic mass is 15.1. The number of benzene rings is 3. The predicted molar refractivity (Wildman–Crippen MR) is 161 cm³/mol. The predicted octanol–water partition coefficient (Wildman–Crippen LogP) is 9.35. The summed E-state index contributed by atoms with van der Waals surface area (Å²) in [5.41, 5.74) is 12.0. The third-order valence-electron chi connectivity index (χ3n) is 10.1. The SMILES string of the molecule is CCC(CC)C1=CC2(CC(C(CC)CC)=C1)c1c3c(cc4ccccc14)Cc1cc(C)cc4cc[n+]2c-3c14. The topological polar surface area (TPSA) is 3.88 Å². The van der Waals surface area contributed by atoms with E-state index in [0.717, 1.165) is 12.8 Å². The van der Waals surface area contributed by atoms with Gasteiger partial charge in [-0.2, -0.15) is 4.57 Å². The van der Waals surface area contributed by atoms with Gasteiger partial charge in [-0.15, -0.1) is 0 Å². The van der Waals surface area contributed by atoms with Crippen LogP contribution in [-0.2, 0) is 12.0 Å². The van der Waals surface area contributed by atoms with Crippen LogP contribution in [0.15, 0.2) is 78.0 Å². The Kier molecular flexibility index (Phi) is 5.45. The maximum atomic E-state index is 2.72. The van der Waals surface area contributed by atoms with E-state index in [2.05, 4.69) is 106 Å². The quantitative estimate of drug-likeness (QED) is 0.205. The van der Waals surface area contributed by atoms with Crippen LogP contribution in [0.5, 0.6) is 0 Å². The molecule has 1 aliphatic heterocycles. The van der Waals surface area contributed by atoms with E-state index in [1.54, 1.807) is 16.7 Å². The monoisotopic (exact) mass is 498 g/mol. The fraction of sp³-hybridized carbons (Fsp3) is 0.378. The van der Waals surface area contributed by atoms with Gasteiger partial charge in [0.15, 0.2) is 6.20 Å². The van der Waals surface area contributed by atoms with Gasteiger partial charge >= 0.3 is 0 Å². The van der Waals surface area contributed by atoms with Crippen molar-refractivity contribution in [2.24, 2.45) is 11.8 Å². The summed E-state index contributed by atoms with van der Waals surface area (Å²) in [4.78, 5) is 0. The molecule has 0 radical (unpaired) electrons. The van der Waals surface area contributed by atoms with Crippen molar-refractivity contribution >= 4 is 21.5 Å². The van der Waals surface area contributed by atoms with Gasteiger partial charge in [0.25, 0.3) is 0 Å². The fourth-order valence-corrected chi connectivity index (χ4v) is 8.30. The van der Waals surface area contributed by atoms with Crippen molar-refractivity contribution in [1.29, 1.82) is 0 Å². The summed E-state index contributed by atoms with van der Waals surface area (Å²) in [5.74, 6) is 1.24.